The fraction of sp³-hybridized carbons (Fsp3) is 0.278. The van der Waals surface area contributed by atoms with Crippen molar-refractivity contribution >= 4 is 33.5 Å². The van der Waals surface area contributed by atoms with Gasteiger partial charge in [0.05, 0.1) is 10.4 Å². The first kappa shape index (κ1) is 16.0. The number of esters is 1. The molecule has 6 heteroatoms. The van der Waals surface area contributed by atoms with Gasteiger partial charge in [-0.05, 0) is 32.9 Å². The largest absolute Gasteiger partial charge is 0.459 e. The summed E-state index contributed by atoms with van der Waals surface area (Å²) in [6.07, 6.45) is 0. The minimum absolute atomic E-state index is 0.0303. The second kappa shape index (κ2) is 5.63. The number of fused-ring (bicyclic) bond motifs is 3. The molecule has 0 unspecified atom stereocenters. The van der Waals surface area contributed by atoms with Gasteiger partial charge in [0.2, 0.25) is 0 Å². The number of rotatable bonds is 3. The zero-order valence-corrected chi connectivity index (χ0v) is 13.8. The number of benzene rings is 2. The first-order valence-electron chi connectivity index (χ1n) is 7.63. The Balaban J connectivity index is 2.15. The first-order valence-corrected chi connectivity index (χ1v) is 7.63. The molecule has 1 aromatic heterocycles. The van der Waals surface area contributed by atoms with Gasteiger partial charge in [-0.3, -0.25) is 14.9 Å². The van der Waals surface area contributed by atoms with Crippen molar-refractivity contribution in [1.29, 1.82) is 0 Å². The lowest BCUT2D eigenvalue weighted by Gasteiger charge is -2.20. The lowest BCUT2D eigenvalue weighted by Crippen LogP contribution is -2.26. The Morgan fingerprint density at radius 1 is 1.12 bits per heavy atom. The molecule has 24 heavy (non-hydrogen) atoms. The summed E-state index contributed by atoms with van der Waals surface area (Å²) in [6.45, 7) is 5.51. The molecule has 3 aromatic rings. The third-order valence-electron chi connectivity index (χ3n) is 3.67. The monoisotopic (exact) mass is 326 g/mol. The highest BCUT2D eigenvalue weighted by Gasteiger charge is 2.20. The van der Waals surface area contributed by atoms with Crippen LogP contribution < -0.4 is 0 Å². The Hall–Kier alpha value is -2.89. The number of hydrogen-bond donors (Lipinski definition) is 0. The number of nitro benzene ring substituents is 1. The summed E-state index contributed by atoms with van der Waals surface area (Å²) >= 11 is 0. The molecule has 2 aromatic carbocycles. The molecule has 3 rings (SSSR count). The van der Waals surface area contributed by atoms with Crippen molar-refractivity contribution in [3.05, 3.63) is 52.6 Å². The molecule has 0 fully saturated rings. The summed E-state index contributed by atoms with van der Waals surface area (Å²) in [5.41, 5.74) is 1.09. The lowest BCUT2D eigenvalue weighted by molar-refractivity contribution is -0.384. The quantitative estimate of drug-likeness (QED) is 0.413. The van der Waals surface area contributed by atoms with Crippen molar-refractivity contribution in [3.8, 4) is 0 Å². The minimum Gasteiger partial charge on any atom is -0.459 e. The molecule has 0 saturated carbocycles. The minimum atomic E-state index is -0.561. The summed E-state index contributed by atoms with van der Waals surface area (Å²) in [5.74, 6) is -0.344. The second-order valence-corrected chi connectivity index (χ2v) is 6.65. The number of ether oxygens (including phenoxy) is 1. The smallest absolute Gasteiger partial charge is 0.326 e. The summed E-state index contributed by atoms with van der Waals surface area (Å²) in [4.78, 5) is 22.9. The van der Waals surface area contributed by atoms with Crippen molar-refractivity contribution in [2.75, 3.05) is 0 Å². The maximum Gasteiger partial charge on any atom is 0.326 e. The average molecular weight is 326 g/mol. The van der Waals surface area contributed by atoms with Gasteiger partial charge in [0.1, 0.15) is 12.1 Å². The molecule has 0 atom stereocenters. The van der Waals surface area contributed by atoms with Crippen LogP contribution in [0.15, 0.2) is 42.5 Å². The first-order chi connectivity index (χ1) is 11.3. The van der Waals surface area contributed by atoms with Gasteiger partial charge < -0.3 is 9.30 Å². The molecule has 0 spiro atoms. The molecular weight excluding hydrogens is 308 g/mol. The molecule has 0 amide bonds. The Bertz CT molecular complexity index is 951. The van der Waals surface area contributed by atoms with E-state index in [-0.39, 0.29) is 18.2 Å². The zero-order valence-electron chi connectivity index (χ0n) is 13.8. The fourth-order valence-electron chi connectivity index (χ4n) is 2.83. The SMILES string of the molecule is CC(C)(C)OC(=O)Cn1c2ccccc2c2cc([N+](=O)[O-])ccc21. The van der Waals surface area contributed by atoms with Crippen LogP contribution in [0.2, 0.25) is 0 Å². The number of aromatic nitrogens is 1. The summed E-state index contributed by atoms with van der Waals surface area (Å²) in [7, 11) is 0. The van der Waals surface area contributed by atoms with Crippen LogP contribution in [0.4, 0.5) is 5.69 Å². The van der Waals surface area contributed by atoms with Crippen molar-refractivity contribution in [1.82, 2.24) is 4.57 Å². The van der Waals surface area contributed by atoms with Crippen LogP contribution >= 0.6 is 0 Å². The normalized spacial score (nSPS) is 11.8. The van der Waals surface area contributed by atoms with Crippen LogP contribution in [0.3, 0.4) is 0 Å². The summed E-state index contributed by atoms with van der Waals surface area (Å²) in [6, 6.07) is 12.2. The van der Waals surface area contributed by atoms with E-state index in [9.17, 15) is 14.9 Å². The van der Waals surface area contributed by atoms with Gasteiger partial charge >= 0.3 is 5.97 Å². The topological polar surface area (TPSA) is 74.4 Å². The Morgan fingerprint density at radius 3 is 2.46 bits per heavy atom. The summed E-state index contributed by atoms with van der Waals surface area (Å²) < 4.78 is 7.24. The van der Waals surface area contributed by atoms with Crippen LogP contribution in [0, 0.1) is 10.1 Å². The predicted molar refractivity (Wildman–Crippen MR) is 91.9 cm³/mol. The highest BCUT2D eigenvalue weighted by molar-refractivity contribution is 6.09. The number of non-ortho nitro benzene ring substituents is 1. The van der Waals surface area contributed by atoms with E-state index in [1.807, 2.05) is 49.6 Å². The number of carbonyl (C=O) groups is 1. The van der Waals surface area contributed by atoms with E-state index in [0.717, 1.165) is 21.8 Å². The van der Waals surface area contributed by atoms with Crippen LogP contribution in [0.5, 0.6) is 0 Å². The molecule has 0 bridgehead atoms. The Labute approximate surface area is 138 Å². The maximum atomic E-state index is 12.2. The van der Waals surface area contributed by atoms with Crippen LogP contribution in [0.1, 0.15) is 20.8 Å². The van der Waals surface area contributed by atoms with Gasteiger partial charge in [-0.15, -0.1) is 0 Å². The van der Waals surface area contributed by atoms with Crippen molar-refractivity contribution in [2.24, 2.45) is 0 Å². The molecule has 1 heterocycles. The van der Waals surface area contributed by atoms with Crippen LogP contribution in [-0.4, -0.2) is 21.1 Å². The third-order valence-corrected chi connectivity index (χ3v) is 3.67. The van der Waals surface area contributed by atoms with Crippen molar-refractivity contribution < 1.29 is 14.5 Å². The highest BCUT2D eigenvalue weighted by atomic mass is 16.6. The molecule has 0 N–H and O–H groups in total. The highest BCUT2D eigenvalue weighted by Crippen LogP contribution is 2.31. The van der Waals surface area contributed by atoms with E-state index in [4.69, 9.17) is 4.74 Å². The van der Waals surface area contributed by atoms with E-state index in [1.54, 1.807) is 12.1 Å². The maximum absolute atomic E-state index is 12.2. The molecule has 0 aliphatic rings. The molecule has 0 aliphatic heterocycles. The Kier molecular flexibility index (Phi) is 3.75. The van der Waals surface area contributed by atoms with Crippen LogP contribution in [-0.2, 0) is 16.1 Å². The molecule has 0 radical (unpaired) electrons. The summed E-state index contributed by atoms with van der Waals surface area (Å²) in [5, 5.41) is 12.7. The standard InChI is InChI=1S/C18H18N2O4/c1-18(2,3)24-17(21)11-19-15-7-5-4-6-13(15)14-10-12(20(22)23)8-9-16(14)19/h4-10H,11H2,1-3H3. The zero-order chi connectivity index (χ0) is 17.5. The lowest BCUT2D eigenvalue weighted by atomic mass is 10.1. The van der Waals surface area contributed by atoms with Gasteiger partial charge in [-0.1, -0.05) is 18.2 Å². The molecule has 124 valence electrons. The van der Waals surface area contributed by atoms with E-state index >= 15 is 0 Å². The van der Waals surface area contributed by atoms with Gasteiger partial charge in [-0.2, -0.15) is 0 Å². The Morgan fingerprint density at radius 2 is 1.79 bits per heavy atom. The molecular formula is C18H18N2O4. The number of nitrogens with zero attached hydrogens (tertiary/aromatic N) is 2. The number of para-hydroxylation sites is 1. The number of hydrogen-bond acceptors (Lipinski definition) is 4. The predicted octanol–water partition coefficient (Wildman–Crippen LogP) is 4.04. The van der Waals surface area contributed by atoms with E-state index < -0.39 is 10.5 Å². The van der Waals surface area contributed by atoms with Crippen molar-refractivity contribution in [3.63, 3.8) is 0 Å². The second-order valence-electron chi connectivity index (χ2n) is 6.65. The van der Waals surface area contributed by atoms with E-state index in [0.29, 0.717) is 0 Å². The fourth-order valence-corrected chi connectivity index (χ4v) is 2.83. The molecule has 6 nitrogen and oxygen atoms in total. The molecule has 0 saturated heterocycles. The van der Waals surface area contributed by atoms with E-state index in [1.165, 1.54) is 6.07 Å². The van der Waals surface area contributed by atoms with Gasteiger partial charge in [-0.25, -0.2) is 0 Å². The van der Waals surface area contributed by atoms with Gasteiger partial charge in [0, 0.05) is 28.4 Å². The van der Waals surface area contributed by atoms with Gasteiger partial charge in [0.25, 0.3) is 5.69 Å². The van der Waals surface area contributed by atoms with E-state index in [2.05, 4.69) is 0 Å². The number of nitro groups is 1. The van der Waals surface area contributed by atoms with Crippen molar-refractivity contribution in [2.45, 2.75) is 32.9 Å². The van der Waals surface area contributed by atoms with Gasteiger partial charge in [0.15, 0.2) is 0 Å². The average Bonchev–Trinajstić information content (AvgIpc) is 2.79. The third kappa shape index (κ3) is 2.95. The number of carbonyl (C=O) groups excluding carboxylic acids is 1. The molecule has 0 aliphatic carbocycles. The van der Waals surface area contributed by atoms with Crippen LogP contribution in [0.25, 0.3) is 21.8 Å².